The number of nitrogens with one attached hydrogen (secondary N) is 1. The molecule has 1 aliphatic heterocycles. The van der Waals surface area contributed by atoms with E-state index in [1.54, 1.807) is 0 Å². The Morgan fingerprint density at radius 2 is 2.14 bits per heavy atom. The van der Waals surface area contributed by atoms with E-state index in [9.17, 15) is 0 Å². The number of aromatic nitrogens is 2. The van der Waals surface area contributed by atoms with Gasteiger partial charge in [-0.05, 0) is 41.5 Å². The van der Waals surface area contributed by atoms with E-state index in [4.69, 9.17) is 14.7 Å². The monoisotopic (exact) mass is 395 g/mol. The number of nitrogens with zero attached hydrogens (tertiary/aromatic N) is 2. The maximum absolute atomic E-state index is 5.74. The van der Waals surface area contributed by atoms with Crippen LogP contribution >= 0.6 is 22.6 Å². The molecule has 0 bridgehead atoms. The third-order valence-corrected chi connectivity index (χ3v) is 4.91. The Hall–Kier alpha value is -1.37. The number of ether oxygens (including phenoxy) is 1. The number of hydrogen-bond donors (Lipinski definition) is 1. The van der Waals surface area contributed by atoms with Gasteiger partial charge in [-0.2, -0.15) is 0 Å². The van der Waals surface area contributed by atoms with Gasteiger partial charge in [-0.1, -0.05) is 25.1 Å². The third kappa shape index (κ3) is 2.71. The molecule has 1 atom stereocenters. The first-order valence-electron chi connectivity index (χ1n) is 7.20. The molecule has 2 heterocycles. The van der Waals surface area contributed by atoms with E-state index in [1.807, 2.05) is 25.2 Å². The first kappa shape index (κ1) is 14.6. The summed E-state index contributed by atoms with van der Waals surface area (Å²) in [6.45, 7) is 2.85. The van der Waals surface area contributed by atoms with Crippen molar-refractivity contribution in [3.8, 4) is 5.75 Å². The van der Waals surface area contributed by atoms with E-state index < -0.39 is 0 Å². The van der Waals surface area contributed by atoms with Crippen molar-refractivity contribution in [2.45, 2.75) is 25.7 Å². The van der Waals surface area contributed by atoms with Gasteiger partial charge in [0.2, 0.25) is 0 Å². The zero-order chi connectivity index (χ0) is 14.8. The lowest BCUT2D eigenvalue weighted by Gasteiger charge is -2.25. The molecule has 0 radical (unpaired) electrons. The van der Waals surface area contributed by atoms with E-state index >= 15 is 0 Å². The maximum Gasteiger partial charge on any atom is 0.143 e. The summed E-state index contributed by atoms with van der Waals surface area (Å²) in [6, 6.07) is 8.19. The molecule has 1 aromatic heterocycles. The van der Waals surface area contributed by atoms with E-state index in [0.717, 1.165) is 39.5 Å². The number of benzene rings is 1. The summed E-state index contributed by atoms with van der Waals surface area (Å²) < 4.78 is 6.85. The molecule has 21 heavy (non-hydrogen) atoms. The SMILES string of the molecule is CCc1nc(C2CCOc3ccccc32)nc(NC)c1I. The van der Waals surface area contributed by atoms with Gasteiger partial charge >= 0.3 is 0 Å². The molecular weight excluding hydrogens is 377 g/mol. The molecule has 0 amide bonds. The Bertz CT molecular complexity index is 635. The molecule has 5 heteroatoms. The Labute approximate surface area is 138 Å². The second-order valence-corrected chi connectivity index (χ2v) is 6.10. The fraction of sp³-hybridized carbons (Fsp3) is 0.375. The van der Waals surface area contributed by atoms with Crippen molar-refractivity contribution in [1.82, 2.24) is 9.97 Å². The third-order valence-electron chi connectivity index (χ3n) is 3.78. The number of fused-ring (bicyclic) bond motifs is 1. The van der Waals surface area contributed by atoms with E-state index in [2.05, 4.69) is 40.9 Å². The van der Waals surface area contributed by atoms with Crippen LogP contribution in [0.3, 0.4) is 0 Å². The molecule has 3 rings (SSSR count). The van der Waals surface area contributed by atoms with Gasteiger partial charge in [0.15, 0.2) is 0 Å². The average Bonchev–Trinajstić information content (AvgIpc) is 2.54. The lowest BCUT2D eigenvalue weighted by atomic mass is 9.92. The van der Waals surface area contributed by atoms with Gasteiger partial charge in [-0.3, -0.25) is 0 Å². The molecule has 0 aliphatic carbocycles. The number of para-hydroxylation sites is 1. The molecule has 0 saturated carbocycles. The van der Waals surface area contributed by atoms with Crippen LogP contribution in [0.2, 0.25) is 0 Å². The van der Waals surface area contributed by atoms with Gasteiger partial charge in [0.05, 0.1) is 21.8 Å². The summed E-state index contributed by atoms with van der Waals surface area (Å²) >= 11 is 2.32. The van der Waals surface area contributed by atoms with Crippen LogP contribution in [0.1, 0.15) is 36.3 Å². The zero-order valence-electron chi connectivity index (χ0n) is 12.2. The van der Waals surface area contributed by atoms with Crippen LogP contribution in [0.15, 0.2) is 24.3 Å². The predicted molar refractivity (Wildman–Crippen MR) is 92.1 cm³/mol. The van der Waals surface area contributed by atoms with Crippen LogP contribution in [0, 0.1) is 3.57 Å². The van der Waals surface area contributed by atoms with Crippen LogP contribution in [0.25, 0.3) is 0 Å². The fourth-order valence-corrected chi connectivity index (χ4v) is 3.57. The molecule has 4 nitrogen and oxygen atoms in total. The molecule has 1 N–H and O–H groups in total. The number of aryl methyl sites for hydroxylation is 1. The summed E-state index contributed by atoms with van der Waals surface area (Å²) in [5, 5.41) is 3.18. The van der Waals surface area contributed by atoms with Crippen molar-refractivity contribution in [2.24, 2.45) is 0 Å². The molecule has 0 saturated heterocycles. The highest BCUT2D eigenvalue weighted by atomic mass is 127. The van der Waals surface area contributed by atoms with Crippen molar-refractivity contribution < 1.29 is 4.74 Å². The zero-order valence-corrected chi connectivity index (χ0v) is 14.3. The number of anilines is 1. The van der Waals surface area contributed by atoms with Gasteiger partial charge < -0.3 is 10.1 Å². The van der Waals surface area contributed by atoms with Crippen LogP contribution < -0.4 is 10.1 Å². The van der Waals surface area contributed by atoms with Gasteiger partial charge in [0, 0.05) is 12.6 Å². The van der Waals surface area contributed by atoms with E-state index in [1.165, 1.54) is 5.56 Å². The van der Waals surface area contributed by atoms with Crippen molar-refractivity contribution in [1.29, 1.82) is 0 Å². The Balaban J connectivity index is 2.09. The highest BCUT2D eigenvalue weighted by Crippen LogP contribution is 2.37. The summed E-state index contributed by atoms with van der Waals surface area (Å²) in [6.07, 6.45) is 1.83. The van der Waals surface area contributed by atoms with Crippen molar-refractivity contribution in [3.63, 3.8) is 0 Å². The minimum absolute atomic E-state index is 0.212. The predicted octanol–water partition coefficient (Wildman–Crippen LogP) is 3.60. The van der Waals surface area contributed by atoms with Crippen LogP contribution in [-0.2, 0) is 6.42 Å². The van der Waals surface area contributed by atoms with Gasteiger partial charge in [-0.15, -0.1) is 0 Å². The molecule has 0 fully saturated rings. The standard InChI is InChI=1S/C16H18IN3O/c1-3-12-14(17)16(18-2)20-15(19-12)11-8-9-21-13-7-5-4-6-10(11)13/h4-7,11H,3,8-9H2,1-2H3,(H,18,19,20). The molecular formula is C16H18IN3O. The van der Waals surface area contributed by atoms with Crippen molar-refractivity contribution in [3.05, 3.63) is 44.9 Å². The molecule has 2 aromatic rings. The van der Waals surface area contributed by atoms with Crippen LogP contribution in [0.5, 0.6) is 5.75 Å². The molecule has 1 unspecified atom stereocenters. The van der Waals surface area contributed by atoms with Crippen molar-refractivity contribution >= 4 is 28.4 Å². The van der Waals surface area contributed by atoms with Gasteiger partial charge in [0.25, 0.3) is 0 Å². The summed E-state index contributed by atoms with van der Waals surface area (Å²) in [5.41, 5.74) is 2.29. The number of halogens is 1. The highest BCUT2D eigenvalue weighted by molar-refractivity contribution is 14.1. The van der Waals surface area contributed by atoms with E-state index in [-0.39, 0.29) is 5.92 Å². The lowest BCUT2D eigenvalue weighted by molar-refractivity contribution is 0.274. The fourth-order valence-electron chi connectivity index (χ4n) is 2.68. The highest BCUT2D eigenvalue weighted by Gasteiger charge is 2.26. The number of hydrogen-bond acceptors (Lipinski definition) is 4. The normalized spacial score (nSPS) is 17.0. The first-order chi connectivity index (χ1) is 10.2. The van der Waals surface area contributed by atoms with E-state index in [0.29, 0.717) is 6.61 Å². The summed E-state index contributed by atoms with van der Waals surface area (Å²) in [7, 11) is 1.91. The lowest BCUT2D eigenvalue weighted by Crippen LogP contribution is -2.19. The Morgan fingerprint density at radius 3 is 2.90 bits per heavy atom. The minimum Gasteiger partial charge on any atom is -0.493 e. The van der Waals surface area contributed by atoms with Crippen LogP contribution in [0.4, 0.5) is 5.82 Å². The second-order valence-electron chi connectivity index (χ2n) is 5.02. The molecule has 110 valence electrons. The molecule has 1 aromatic carbocycles. The molecule has 0 spiro atoms. The summed E-state index contributed by atoms with van der Waals surface area (Å²) in [4.78, 5) is 9.54. The van der Waals surface area contributed by atoms with Crippen LogP contribution in [-0.4, -0.2) is 23.6 Å². The van der Waals surface area contributed by atoms with Gasteiger partial charge in [-0.25, -0.2) is 9.97 Å². The minimum atomic E-state index is 0.212. The number of rotatable bonds is 3. The quantitative estimate of drug-likeness (QED) is 0.807. The Kier molecular flexibility index (Phi) is 4.28. The Morgan fingerprint density at radius 1 is 1.33 bits per heavy atom. The topological polar surface area (TPSA) is 47.0 Å². The maximum atomic E-state index is 5.74. The average molecular weight is 395 g/mol. The second kappa shape index (κ2) is 6.17. The van der Waals surface area contributed by atoms with Gasteiger partial charge in [0.1, 0.15) is 17.4 Å². The molecule has 1 aliphatic rings. The first-order valence-corrected chi connectivity index (χ1v) is 8.28. The van der Waals surface area contributed by atoms with Crippen molar-refractivity contribution in [2.75, 3.05) is 19.0 Å². The largest absolute Gasteiger partial charge is 0.493 e. The smallest absolute Gasteiger partial charge is 0.143 e. The summed E-state index contributed by atoms with van der Waals surface area (Å²) in [5.74, 6) is 2.98.